The average Bonchev–Trinajstić information content (AvgIpc) is 3.53. The summed E-state index contributed by atoms with van der Waals surface area (Å²) in [5.41, 5.74) is 7.86. The van der Waals surface area contributed by atoms with Gasteiger partial charge in [0, 0.05) is 57.5 Å². The molecule has 0 saturated heterocycles. The van der Waals surface area contributed by atoms with Crippen LogP contribution in [0.4, 0.5) is 0 Å². The molecule has 152 valence electrons. The van der Waals surface area contributed by atoms with Gasteiger partial charge >= 0.3 is 0 Å². The third-order valence-electron chi connectivity index (χ3n) is 4.76. The van der Waals surface area contributed by atoms with Gasteiger partial charge in [-0.2, -0.15) is 0 Å². The van der Waals surface area contributed by atoms with Gasteiger partial charge in [0.1, 0.15) is 0 Å². The van der Waals surface area contributed by atoms with Gasteiger partial charge in [-0.1, -0.05) is 12.2 Å². The molecule has 0 saturated carbocycles. The standard InChI is InChI=1S/C20H14N4.C6H7N.Mg/c1-2-14-10-16-5-6-18(23-16)12-20-8-7-19(24-20)11-17-4-3-15(22-17)9-13(1)21-14;1-2-4-6-7-5-3-1;/h1-12,21-22H;1-7H;. The molecule has 3 aliphatic rings. The van der Waals surface area contributed by atoms with Crippen molar-refractivity contribution in [2.45, 2.75) is 0 Å². The summed E-state index contributed by atoms with van der Waals surface area (Å²) in [5.74, 6) is 0. The van der Waals surface area contributed by atoms with Crippen molar-refractivity contribution < 1.29 is 0 Å². The van der Waals surface area contributed by atoms with E-state index in [1.165, 1.54) is 0 Å². The Labute approximate surface area is 202 Å². The zero-order chi connectivity index (χ0) is 20.9. The topological polar surface area (TPSA) is 69.4 Å². The lowest BCUT2D eigenvalue weighted by Gasteiger charge is -1.86. The molecule has 0 spiro atoms. The number of allylic oxidation sites excluding steroid dienone is 4. The van der Waals surface area contributed by atoms with Gasteiger partial charge < -0.3 is 15.3 Å². The van der Waals surface area contributed by atoms with Crippen LogP contribution in [0.5, 0.6) is 0 Å². The Hall–Kier alpha value is -3.61. The van der Waals surface area contributed by atoms with Gasteiger partial charge in [-0.15, -0.1) is 0 Å². The van der Waals surface area contributed by atoms with Gasteiger partial charge in [-0.25, -0.2) is 9.97 Å². The lowest BCUT2D eigenvalue weighted by atomic mass is 10.3. The number of H-pyrrole nitrogens is 2. The molecule has 8 bridgehead atoms. The zero-order valence-electron chi connectivity index (χ0n) is 17.5. The molecule has 5 nitrogen and oxygen atoms in total. The van der Waals surface area contributed by atoms with Gasteiger partial charge in [0.15, 0.2) is 0 Å². The third-order valence-corrected chi connectivity index (χ3v) is 4.76. The number of aromatic nitrogens is 4. The number of hydrogen-bond donors (Lipinski definition) is 3. The number of fused-ring (bicyclic) bond motifs is 8. The SMILES string of the molecule is C1=CC=CNC=C1.C1=Cc2cc3ccc(cc4ccc(cc5nc(cc1n2)C=C5)[nH]4)[nH]3.[Mg]. The fourth-order valence-electron chi connectivity index (χ4n) is 3.35. The highest BCUT2D eigenvalue weighted by atomic mass is 24.3. The molecule has 6 heterocycles. The molecule has 0 aromatic carbocycles. The predicted molar refractivity (Wildman–Crippen MR) is 135 cm³/mol. The first-order chi connectivity index (χ1) is 15.3. The Morgan fingerprint density at radius 3 is 1.34 bits per heavy atom. The molecule has 32 heavy (non-hydrogen) atoms. The van der Waals surface area contributed by atoms with Crippen molar-refractivity contribution >= 4 is 69.4 Å². The maximum absolute atomic E-state index is 4.62. The van der Waals surface area contributed by atoms with E-state index in [0.717, 1.165) is 44.8 Å². The Bertz CT molecular complexity index is 1310. The molecule has 0 unspecified atom stereocenters. The largest absolute Gasteiger partial charge is 0.368 e. The Kier molecular flexibility index (Phi) is 6.84. The number of nitrogens with zero attached hydrogens (tertiary/aromatic N) is 2. The molecule has 0 aliphatic carbocycles. The molecule has 3 aromatic rings. The maximum Gasteiger partial charge on any atom is 0.0659 e. The van der Waals surface area contributed by atoms with Crippen LogP contribution in [-0.2, 0) is 0 Å². The van der Waals surface area contributed by atoms with Gasteiger partial charge in [0.2, 0.25) is 0 Å². The summed E-state index contributed by atoms with van der Waals surface area (Å²) in [7, 11) is 0. The number of hydrogen-bond acceptors (Lipinski definition) is 3. The monoisotopic (exact) mass is 427 g/mol. The van der Waals surface area contributed by atoms with Crippen molar-refractivity contribution in [2.24, 2.45) is 0 Å². The lowest BCUT2D eigenvalue weighted by molar-refractivity contribution is 1.20. The van der Waals surface area contributed by atoms with Crippen LogP contribution in [0.25, 0.3) is 46.4 Å². The van der Waals surface area contributed by atoms with Crippen LogP contribution in [0, 0.1) is 0 Å². The quantitative estimate of drug-likeness (QED) is 0.288. The fraction of sp³-hybridized carbons (Fsp3) is 0. The lowest BCUT2D eigenvalue weighted by Crippen LogP contribution is -1.87. The second kappa shape index (κ2) is 10.1. The van der Waals surface area contributed by atoms with E-state index >= 15 is 0 Å². The maximum atomic E-state index is 4.62. The summed E-state index contributed by atoms with van der Waals surface area (Å²) in [6, 6.07) is 16.4. The molecule has 0 atom stereocenters. The molecular formula is C26H21MgN5. The van der Waals surface area contributed by atoms with Crippen molar-refractivity contribution in [3.05, 3.63) is 108 Å². The van der Waals surface area contributed by atoms with Crippen molar-refractivity contribution in [1.29, 1.82) is 0 Å². The molecule has 6 heteroatoms. The highest BCUT2D eigenvalue weighted by Gasteiger charge is 2.02. The van der Waals surface area contributed by atoms with Crippen LogP contribution in [0.1, 0.15) is 22.8 Å². The Morgan fingerprint density at radius 1 is 0.469 bits per heavy atom. The molecule has 0 fully saturated rings. The summed E-state index contributed by atoms with van der Waals surface area (Å²) in [6.45, 7) is 0. The summed E-state index contributed by atoms with van der Waals surface area (Å²) < 4.78 is 0. The summed E-state index contributed by atoms with van der Waals surface area (Å²) in [5, 5.41) is 2.92. The molecule has 6 rings (SSSR count). The molecular weight excluding hydrogens is 407 g/mol. The van der Waals surface area contributed by atoms with Crippen LogP contribution in [0.15, 0.2) is 85.2 Å². The first-order valence-corrected chi connectivity index (χ1v) is 10.1. The normalized spacial score (nSPS) is 13.0. The fourth-order valence-corrected chi connectivity index (χ4v) is 3.35. The molecule has 3 aromatic heterocycles. The average molecular weight is 428 g/mol. The van der Waals surface area contributed by atoms with E-state index in [9.17, 15) is 0 Å². The summed E-state index contributed by atoms with van der Waals surface area (Å²) in [4.78, 5) is 16.0. The second-order valence-electron chi connectivity index (χ2n) is 7.17. The molecule has 3 N–H and O–H groups in total. The van der Waals surface area contributed by atoms with Gasteiger partial charge in [0.25, 0.3) is 0 Å². The van der Waals surface area contributed by atoms with E-state index in [1.54, 1.807) is 0 Å². The summed E-state index contributed by atoms with van der Waals surface area (Å²) >= 11 is 0. The first-order valence-electron chi connectivity index (χ1n) is 10.1. The minimum atomic E-state index is 0. The summed E-state index contributed by atoms with van der Waals surface area (Å²) in [6.07, 6.45) is 19.6. The number of aromatic amines is 2. The van der Waals surface area contributed by atoms with Crippen molar-refractivity contribution in [1.82, 2.24) is 25.3 Å². The number of rotatable bonds is 0. The third kappa shape index (κ3) is 5.54. The van der Waals surface area contributed by atoms with Crippen LogP contribution < -0.4 is 5.32 Å². The minimum Gasteiger partial charge on any atom is -0.368 e. The van der Waals surface area contributed by atoms with Crippen LogP contribution in [0.3, 0.4) is 0 Å². The second-order valence-corrected chi connectivity index (χ2v) is 7.17. The van der Waals surface area contributed by atoms with Crippen LogP contribution in [0.2, 0.25) is 0 Å². The van der Waals surface area contributed by atoms with Crippen molar-refractivity contribution in [2.75, 3.05) is 0 Å². The Balaban J connectivity index is 0.000000265. The predicted octanol–water partition coefficient (Wildman–Crippen LogP) is 5.45. The highest BCUT2D eigenvalue weighted by Crippen LogP contribution is 2.17. The smallest absolute Gasteiger partial charge is 0.0659 e. The van der Waals surface area contributed by atoms with Gasteiger partial charge in [0.05, 0.1) is 22.8 Å². The van der Waals surface area contributed by atoms with E-state index in [4.69, 9.17) is 0 Å². The van der Waals surface area contributed by atoms with E-state index < -0.39 is 0 Å². The van der Waals surface area contributed by atoms with E-state index in [2.05, 4.69) is 55.6 Å². The van der Waals surface area contributed by atoms with E-state index in [-0.39, 0.29) is 23.1 Å². The van der Waals surface area contributed by atoms with Gasteiger partial charge in [-0.05, 0) is 85.0 Å². The van der Waals surface area contributed by atoms with Crippen molar-refractivity contribution in [3.8, 4) is 0 Å². The zero-order valence-corrected chi connectivity index (χ0v) is 18.9. The van der Waals surface area contributed by atoms with Crippen molar-refractivity contribution in [3.63, 3.8) is 0 Å². The molecule has 2 radical (unpaired) electrons. The minimum absolute atomic E-state index is 0. The van der Waals surface area contributed by atoms with Crippen LogP contribution in [-0.4, -0.2) is 43.0 Å². The van der Waals surface area contributed by atoms with E-state index in [0.29, 0.717) is 0 Å². The van der Waals surface area contributed by atoms with E-state index in [1.807, 2.05) is 79.2 Å². The highest BCUT2D eigenvalue weighted by molar-refractivity contribution is 5.77. The van der Waals surface area contributed by atoms with Gasteiger partial charge in [-0.3, -0.25) is 0 Å². The Morgan fingerprint density at radius 2 is 0.875 bits per heavy atom. The molecule has 0 amide bonds. The molecule has 3 aliphatic heterocycles. The number of nitrogens with one attached hydrogen (secondary N) is 3. The van der Waals surface area contributed by atoms with Crippen LogP contribution >= 0.6 is 0 Å². The first kappa shape index (κ1) is 21.6.